The van der Waals surface area contributed by atoms with E-state index < -0.39 is 7.37 Å². The van der Waals surface area contributed by atoms with Gasteiger partial charge in [0, 0.05) is 10.2 Å². The lowest BCUT2D eigenvalue weighted by Gasteiger charge is -2.39. The van der Waals surface area contributed by atoms with E-state index in [1.54, 1.807) is 36.0 Å². The van der Waals surface area contributed by atoms with Crippen molar-refractivity contribution in [1.29, 1.82) is 0 Å². The highest BCUT2D eigenvalue weighted by atomic mass is 32.2. The van der Waals surface area contributed by atoms with Crippen LogP contribution >= 0.6 is 19.1 Å². The van der Waals surface area contributed by atoms with Crippen molar-refractivity contribution in [3.8, 4) is 0 Å². The number of hydrogen-bond acceptors (Lipinski definition) is 3. The number of thioether (sulfide) groups is 1. The Morgan fingerprint density at radius 3 is 2.33 bits per heavy atom. The highest BCUT2D eigenvalue weighted by Gasteiger charge is 2.46. The van der Waals surface area contributed by atoms with E-state index in [9.17, 15) is 9.46 Å². The fourth-order valence-electron chi connectivity index (χ4n) is 2.51. The Bertz CT molecular complexity index is 657. The van der Waals surface area contributed by atoms with Gasteiger partial charge < -0.3 is 9.63 Å². The minimum atomic E-state index is -3.42. The lowest BCUT2D eigenvalue weighted by atomic mass is 10.0. The minimum Gasteiger partial charge on any atom is -0.372 e. The lowest BCUT2D eigenvalue weighted by Crippen LogP contribution is -2.39. The second kappa shape index (κ2) is 5.98. The molecule has 0 radical (unpaired) electrons. The van der Waals surface area contributed by atoms with Crippen LogP contribution in [-0.2, 0) is 9.30 Å². The molecule has 1 fully saturated rings. The molecule has 5 heteroatoms. The highest BCUT2D eigenvalue weighted by molar-refractivity contribution is 7.98. The van der Waals surface area contributed by atoms with Gasteiger partial charge in [-0.05, 0) is 36.1 Å². The molecule has 3 atom stereocenters. The van der Waals surface area contributed by atoms with Crippen molar-refractivity contribution in [2.75, 3.05) is 12.9 Å². The fraction of sp³-hybridized carbons (Fsp3) is 0.250. The maximum atomic E-state index is 12.8. The van der Waals surface area contributed by atoms with E-state index >= 15 is 0 Å². The van der Waals surface area contributed by atoms with E-state index in [1.807, 2.05) is 36.6 Å². The van der Waals surface area contributed by atoms with Gasteiger partial charge in [0.2, 0.25) is 7.37 Å². The summed E-state index contributed by atoms with van der Waals surface area (Å²) in [6.07, 6.45) is 1.73. The maximum Gasteiger partial charge on any atom is 0.237 e. The van der Waals surface area contributed by atoms with Gasteiger partial charge in [-0.15, -0.1) is 11.8 Å². The molecule has 2 aromatic carbocycles. The molecule has 1 heterocycles. The molecule has 3 nitrogen and oxygen atoms in total. The van der Waals surface area contributed by atoms with E-state index in [4.69, 9.17) is 4.74 Å². The first kappa shape index (κ1) is 14.9. The zero-order chi connectivity index (χ0) is 14.9. The van der Waals surface area contributed by atoms with Crippen LogP contribution < -0.4 is 5.30 Å². The first-order chi connectivity index (χ1) is 10.1. The molecule has 0 aliphatic carbocycles. The van der Waals surface area contributed by atoms with Gasteiger partial charge in [0.1, 0.15) is 0 Å². The summed E-state index contributed by atoms with van der Waals surface area (Å²) >= 11 is 1.67. The molecule has 0 bridgehead atoms. The summed E-state index contributed by atoms with van der Waals surface area (Å²) in [5.41, 5.74) is 0.606. The van der Waals surface area contributed by atoms with Gasteiger partial charge >= 0.3 is 0 Å². The van der Waals surface area contributed by atoms with E-state index in [2.05, 4.69) is 0 Å². The first-order valence-corrected chi connectivity index (χ1v) is 9.72. The van der Waals surface area contributed by atoms with Gasteiger partial charge in [-0.1, -0.05) is 30.3 Å². The van der Waals surface area contributed by atoms with Crippen molar-refractivity contribution >= 4 is 24.4 Å². The Kier molecular flexibility index (Phi) is 4.23. The Hall–Kier alpha value is -1.06. The smallest absolute Gasteiger partial charge is 0.237 e. The van der Waals surface area contributed by atoms with E-state index in [1.165, 1.54) is 4.90 Å². The molecule has 0 aromatic heterocycles. The Balaban J connectivity index is 1.85. The molecular formula is C16H17O3PS. The highest BCUT2D eigenvalue weighted by Crippen LogP contribution is 2.55. The van der Waals surface area contributed by atoms with E-state index in [-0.39, 0.29) is 11.8 Å². The molecule has 0 saturated carbocycles. The summed E-state index contributed by atoms with van der Waals surface area (Å²) in [5, 5.41) is 0.504. The molecular weight excluding hydrogens is 303 g/mol. The van der Waals surface area contributed by atoms with Crippen LogP contribution in [0.5, 0.6) is 0 Å². The lowest BCUT2D eigenvalue weighted by molar-refractivity contribution is -0.0502. The average Bonchev–Trinajstić information content (AvgIpc) is 2.47. The molecule has 1 N–H and O–H groups in total. The zero-order valence-electron chi connectivity index (χ0n) is 11.7. The van der Waals surface area contributed by atoms with Gasteiger partial charge in [0.15, 0.2) is 0 Å². The van der Waals surface area contributed by atoms with Crippen molar-refractivity contribution in [2.24, 2.45) is 0 Å². The molecule has 21 heavy (non-hydrogen) atoms. The number of hydrogen-bond donors (Lipinski definition) is 1. The Morgan fingerprint density at radius 2 is 1.81 bits per heavy atom. The summed E-state index contributed by atoms with van der Waals surface area (Å²) in [5.74, 6) is 0. The van der Waals surface area contributed by atoms with Crippen LogP contribution in [0.3, 0.4) is 0 Å². The van der Waals surface area contributed by atoms with Gasteiger partial charge in [0.25, 0.3) is 0 Å². The summed E-state index contributed by atoms with van der Waals surface area (Å²) in [4.78, 5) is 11.7. The quantitative estimate of drug-likeness (QED) is 0.692. The largest absolute Gasteiger partial charge is 0.372 e. The maximum absolute atomic E-state index is 12.8. The molecule has 1 aliphatic heterocycles. The third-order valence-corrected chi connectivity index (χ3v) is 6.92. The van der Waals surface area contributed by atoms with Crippen LogP contribution in [0.25, 0.3) is 0 Å². The van der Waals surface area contributed by atoms with Gasteiger partial charge in [0.05, 0.1) is 18.4 Å². The third-order valence-electron chi connectivity index (χ3n) is 3.82. The van der Waals surface area contributed by atoms with Crippen LogP contribution in [0.1, 0.15) is 11.7 Å². The summed E-state index contributed by atoms with van der Waals surface area (Å²) in [6, 6.07) is 16.9. The monoisotopic (exact) mass is 320 g/mol. The molecule has 1 aliphatic rings. The van der Waals surface area contributed by atoms with Crippen LogP contribution in [0, 0.1) is 0 Å². The van der Waals surface area contributed by atoms with Crippen molar-refractivity contribution in [1.82, 2.24) is 0 Å². The molecule has 0 amide bonds. The third kappa shape index (κ3) is 2.82. The second-order valence-electron chi connectivity index (χ2n) is 5.05. The molecule has 3 unspecified atom stereocenters. The molecule has 2 aromatic rings. The molecule has 110 valence electrons. The Morgan fingerprint density at radius 1 is 1.14 bits per heavy atom. The van der Waals surface area contributed by atoms with Crippen LogP contribution in [0.15, 0.2) is 59.5 Å². The fourth-order valence-corrected chi connectivity index (χ4v) is 4.81. The number of benzene rings is 2. The van der Waals surface area contributed by atoms with Gasteiger partial charge in [-0.25, -0.2) is 0 Å². The Labute approximate surface area is 128 Å². The summed E-state index contributed by atoms with van der Waals surface area (Å²) < 4.78 is 18.3. The van der Waals surface area contributed by atoms with Crippen molar-refractivity contribution in [3.05, 3.63) is 60.2 Å². The SMILES string of the molecule is CSc1ccc(C2OCC2P(=O)(O)c2ccccc2)cc1. The van der Waals surface area contributed by atoms with Crippen molar-refractivity contribution < 1.29 is 14.2 Å². The standard InChI is InChI=1S/C16H17O3PS/c1-21-14-9-7-12(8-10-14)16-15(11-19-16)20(17,18)13-5-3-2-4-6-13/h2-10,15-16H,11H2,1H3,(H,17,18). The topological polar surface area (TPSA) is 46.5 Å². The van der Waals surface area contributed by atoms with Crippen molar-refractivity contribution in [3.63, 3.8) is 0 Å². The number of ether oxygens (including phenoxy) is 1. The normalized spacial score (nSPS) is 24.1. The summed E-state index contributed by atoms with van der Waals surface area (Å²) in [6.45, 7) is 0.331. The molecule has 1 saturated heterocycles. The average molecular weight is 320 g/mol. The zero-order valence-corrected chi connectivity index (χ0v) is 13.4. The van der Waals surface area contributed by atoms with Crippen LogP contribution in [0.4, 0.5) is 0 Å². The molecule has 3 rings (SSSR count). The van der Waals surface area contributed by atoms with Crippen LogP contribution in [0.2, 0.25) is 0 Å². The predicted molar refractivity (Wildman–Crippen MR) is 86.6 cm³/mol. The molecule has 0 spiro atoms. The second-order valence-corrected chi connectivity index (χ2v) is 8.36. The van der Waals surface area contributed by atoms with E-state index in [0.29, 0.717) is 11.9 Å². The van der Waals surface area contributed by atoms with Crippen molar-refractivity contribution in [2.45, 2.75) is 16.7 Å². The minimum absolute atomic E-state index is 0.294. The summed E-state index contributed by atoms with van der Waals surface area (Å²) in [7, 11) is -3.42. The number of rotatable bonds is 4. The van der Waals surface area contributed by atoms with E-state index in [0.717, 1.165) is 5.56 Å². The van der Waals surface area contributed by atoms with Gasteiger partial charge in [-0.2, -0.15) is 0 Å². The first-order valence-electron chi connectivity index (χ1n) is 6.76. The van der Waals surface area contributed by atoms with Crippen LogP contribution in [-0.4, -0.2) is 23.4 Å². The van der Waals surface area contributed by atoms with Gasteiger partial charge in [-0.3, -0.25) is 4.57 Å². The predicted octanol–water partition coefficient (Wildman–Crippen LogP) is 3.44.